The first-order valence-electron chi connectivity index (χ1n) is 9.37. The number of hydrogen-bond acceptors (Lipinski definition) is 6. The number of aromatic nitrogens is 3. The van der Waals surface area contributed by atoms with Crippen LogP contribution < -0.4 is 0 Å². The summed E-state index contributed by atoms with van der Waals surface area (Å²) >= 11 is 0. The summed E-state index contributed by atoms with van der Waals surface area (Å²) in [6.07, 6.45) is 5.98. The summed E-state index contributed by atoms with van der Waals surface area (Å²) in [7, 11) is 1.84. The lowest BCUT2D eigenvalue weighted by Crippen LogP contribution is -2.42. The van der Waals surface area contributed by atoms with Crippen LogP contribution in [0.3, 0.4) is 0 Å². The molecular formula is C19H23N5O3. The van der Waals surface area contributed by atoms with Gasteiger partial charge in [-0.3, -0.25) is 14.6 Å². The smallest absolute Gasteiger partial charge is 0.227 e. The van der Waals surface area contributed by atoms with Crippen LogP contribution in [-0.2, 0) is 16.0 Å². The van der Waals surface area contributed by atoms with Crippen LogP contribution in [0.1, 0.15) is 25.2 Å². The van der Waals surface area contributed by atoms with Crippen molar-refractivity contribution in [2.75, 3.05) is 26.7 Å². The van der Waals surface area contributed by atoms with Crippen molar-refractivity contribution in [2.45, 2.75) is 25.7 Å². The van der Waals surface area contributed by atoms with E-state index in [9.17, 15) is 9.59 Å². The zero-order chi connectivity index (χ0) is 18.8. The van der Waals surface area contributed by atoms with E-state index in [-0.39, 0.29) is 17.7 Å². The molecule has 0 bridgehead atoms. The van der Waals surface area contributed by atoms with Gasteiger partial charge in [-0.05, 0) is 30.9 Å². The maximum absolute atomic E-state index is 12.5. The van der Waals surface area contributed by atoms with E-state index in [2.05, 4.69) is 15.1 Å². The van der Waals surface area contributed by atoms with Gasteiger partial charge in [-0.25, -0.2) is 0 Å². The molecule has 2 aliphatic heterocycles. The summed E-state index contributed by atoms with van der Waals surface area (Å²) in [6.45, 7) is 2.05. The number of pyridine rings is 1. The fraction of sp³-hybridized carbons (Fsp3) is 0.526. The molecule has 2 amide bonds. The number of carbonyl (C=O) groups is 2. The largest absolute Gasteiger partial charge is 0.345 e. The number of likely N-dealkylation sites (tertiary alicyclic amines) is 2. The first-order chi connectivity index (χ1) is 13.1. The van der Waals surface area contributed by atoms with Crippen molar-refractivity contribution >= 4 is 11.8 Å². The molecule has 27 heavy (non-hydrogen) atoms. The van der Waals surface area contributed by atoms with Gasteiger partial charge in [0.2, 0.25) is 23.5 Å². The lowest BCUT2D eigenvalue weighted by molar-refractivity contribution is -0.138. The van der Waals surface area contributed by atoms with E-state index in [4.69, 9.17) is 4.52 Å². The van der Waals surface area contributed by atoms with Crippen molar-refractivity contribution in [3.8, 4) is 11.4 Å². The van der Waals surface area contributed by atoms with Gasteiger partial charge in [0, 0.05) is 57.5 Å². The Bertz CT molecular complexity index is 822. The first kappa shape index (κ1) is 17.6. The molecule has 2 saturated heterocycles. The monoisotopic (exact) mass is 369 g/mol. The highest BCUT2D eigenvalue weighted by atomic mass is 16.5. The molecule has 0 aliphatic carbocycles. The number of amides is 2. The Morgan fingerprint density at radius 1 is 1.30 bits per heavy atom. The molecule has 2 aliphatic rings. The molecule has 2 aromatic rings. The molecular weight excluding hydrogens is 346 g/mol. The third kappa shape index (κ3) is 3.70. The van der Waals surface area contributed by atoms with E-state index in [1.165, 1.54) is 0 Å². The van der Waals surface area contributed by atoms with Gasteiger partial charge in [0.25, 0.3) is 0 Å². The lowest BCUT2D eigenvalue weighted by Gasteiger charge is -2.30. The normalized spacial score (nSPS) is 22.2. The van der Waals surface area contributed by atoms with Gasteiger partial charge in [0.1, 0.15) is 0 Å². The Labute approximate surface area is 157 Å². The van der Waals surface area contributed by atoms with Crippen molar-refractivity contribution in [3.63, 3.8) is 0 Å². The minimum atomic E-state index is -0.0217. The molecule has 142 valence electrons. The number of fused-ring (bicyclic) bond motifs is 1. The van der Waals surface area contributed by atoms with Crippen molar-refractivity contribution < 1.29 is 14.1 Å². The van der Waals surface area contributed by atoms with E-state index in [1.807, 2.05) is 24.1 Å². The highest BCUT2D eigenvalue weighted by molar-refractivity contribution is 5.83. The first-order valence-corrected chi connectivity index (χ1v) is 9.37. The van der Waals surface area contributed by atoms with Crippen molar-refractivity contribution in [2.24, 2.45) is 11.8 Å². The average Bonchev–Trinajstić information content (AvgIpc) is 3.33. The van der Waals surface area contributed by atoms with E-state index >= 15 is 0 Å². The zero-order valence-corrected chi connectivity index (χ0v) is 15.4. The zero-order valence-electron chi connectivity index (χ0n) is 15.4. The summed E-state index contributed by atoms with van der Waals surface area (Å²) in [4.78, 5) is 36.7. The quantitative estimate of drug-likeness (QED) is 0.791. The molecule has 8 heteroatoms. The van der Waals surface area contributed by atoms with Crippen LogP contribution in [-0.4, -0.2) is 63.4 Å². The van der Waals surface area contributed by atoms with Crippen LogP contribution in [0.5, 0.6) is 0 Å². The van der Waals surface area contributed by atoms with Crippen molar-refractivity contribution in [1.82, 2.24) is 24.9 Å². The average molecular weight is 369 g/mol. The summed E-state index contributed by atoms with van der Waals surface area (Å²) in [6, 6.07) is 3.65. The van der Waals surface area contributed by atoms with Crippen LogP contribution in [0.2, 0.25) is 0 Å². The van der Waals surface area contributed by atoms with Gasteiger partial charge in [-0.1, -0.05) is 5.16 Å². The fourth-order valence-corrected chi connectivity index (χ4v) is 3.92. The predicted molar refractivity (Wildman–Crippen MR) is 96.3 cm³/mol. The second-order valence-corrected chi connectivity index (χ2v) is 7.31. The summed E-state index contributed by atoms with van der Waals surface area (Å²) in [5.41, 5.74) is 0.852. The fourth-order valence-electron chi connectivity index (χ4n) is 3.92. The Balaban J connectivity index is 1.27. The third-order valence-corrected chi connectivity index (χ3v) is 5.51. The molecule has 4 rings (SSSR count). The van der Waals surface area contributed by atoms with Crippen LogP contribution in [0.15, 0.2) is 29.0 Å². The van der Waals surface area contributed by atoms with E-state index in [1.54, 1.807) is 17.3 Å². The maximum atomic E-state index is 12.5. The van der Waals surface area contributed by atoms with Gasteiger partial charge >= 0.3 is 0 Å². The minimum Gasteiger partial charge on any atom is -0.345 e. The number of nitrogens with zero attached hydrogens (tertiary/aromatic N) is 5. The lowest BCUT2D eigenvalue weighted by atomic mass is 9.88. The topological polar surface area (TPSA) is 92.4 Å². The number of piperidine rings is 1. The van der Waals surface area contributed by atoms with Crippen LogP contribution in [0.4, 0.5) is 0 Å². The predicted octanol–water partition coefficient (Wildman–Crippen LogP) is 1.39. The molecule has 4 heterocycles. The number of hydrogen-bond donors (Lipinski definition) is 0. The van der Waals surface area contributed by atoms with Crippen LogP contribution >= 0.6 is 0 Å². The number of aryl methyl sites for hydroxylation is 1. The van der Waals surface area contributed by atoms with E-state index < -0.39 is 0 Å². The molecule has 8 nitrogen and oxygen atoms in total. The van der Waals surface area contributed by atoms with Crippen LogP contribution in [0.25, 0.3) is 11.4 Å². The highest BCUT2D eigenvalue weighted by Gasteiger charge is 2.42. The van der Waals surface area contributed by atoms with E-state index in [0.717, 1.165) is 18.5 Å². The van der Waals surface area contributed by atoms with Gasteiger partial charge in [0.05, 0.1) is 5.92 Å². The Morgan fingerprint density at radius 2 is 2.11 bits per heavy atom. The van der Waals surface area contributed by atoms with Gasteiger partial charge in [0.15, 0.2) is 0 Å². The summed E-state index contributed by atoms with van der Waals surface area (Å²) in [5.74, 6) is 1.64. The van der Waals surface area contributed by atoms with Gasteiger partial charge < -0.3 is 14.3 Å². The van der Waals surface area contributed by atoms with Gasteiger partial charge in [-0.15, -0.1) is 0 Å². The van der Waals surface area contributed by atoms with Crippen molar-refractivity contribution in [1.29, 1.82) is 0 Å². The van der Waals surface area contributed by atoms with Crippen molar-refractivity contribution in [3.05, 3.63) is 30.4 Å². The molecule has 2 aromatic heterocycles. The summed E-state index contributed by atoms with van der Waals surface area (Å²) in [5, 5.41) is 3.97. The highest BCUT2D eigenvalue weighted by Crippen LogP contribution is 2.32. The molecule has 0 N–H and O–H groups in total. The molecule has 2 fully saturated rings. The molecule has 0 aromatic carbocycles. The second-order valence-electron chi connectivity index (χ2n) is 7.31. The van der Waals surface area contributed by atoms with E-state index in [0.29, 0.717) is 50.0 Å². The SMILES string of the molecule is CN1CC[C@@H]2CN(C(=O)CCCc3nc(-c4ccncc4)no3)C[C@@H]2C1=O. The Hall–Kier alpha value is -2.77. The standard InChI is InChI=1S/C19H23N5O3/c1-23-10-7-14-11-24(12-15(14)19(23)26)17(25)4-2-3-16-21-18(22-27-16)13-5-8-20-9-6-13/h5-6,8-9,14-15H,2-4,7,10-12H2,1H3/t14-,15+/m1/s1. The van der Waals surface area contributed by atoms with Gasteiger partial charge in [-0.2, -0.15) is 4.98 Å². The molecule has 2 atom stereocenters. The molecule has 0 saturated carbocycles. The Kier molecular flexibility index (Phi) is 4.87. The number of carbonyl (C=O) groups excluding carboxylic acids is 2. The second kappa shape index (κ2) is 7.46. The molecule has 0 unspecified atom stereocenters. The molecule has 0 radical (unpaired) electrons. The minimum absolute atomic E-state index is 0.0217. The molecule has 0 spiro atoms. The summed E-state index contributed by atoms with van der Waals surface area (Å²) < 4.78 is 5.27. The third-order valence-electron chi connectivity index (χ3n) is 5.51. The number of rotatable bonds is 5. The van der Waals surface area contributed by atoms with Crippen LogP contribution in [0, 0.1) is 11.8 Å². The maximum Gasteiger partial charge on any atom is 0.227 e. The Morgan fingerprint density at radius 3 is 2.93 bits per heavy atom.